The Hall–Kier alpha value is -2.21. The molecule has 0 bridgehead atoms. The second-order valence-electron chi connectivity index (χ2n) is 4.96. The topological polar surface area (TPSA) is 55.4 Å². The van der Waals surface area contributed by atoms with Gasteiger partial charge in [0.15, 0.2) is 23.5 Å². The number of carbonyl (C=O) groups excluding carboxylic acids is 2. The number of hydrogen-bond acceptors (Lipinski definition) is 3. The molecule has 0 saturated carbocycles. The van der Waals surface area contributed by atoms with Gasteiger partial charge in [-0.05, 0) is 44.2 Å². The highest BCUT2D eigenvalue weighted by atomic mass is 79.9. The SMILES string of the molecule is CC(=O)c1cccc(NC(=O)[C@@H](C)Oc2ccc(Br)cc2F)c1. The van der Waals surface area contributed by atoms with Gasteiger partial charge < -0.3 is 10.1 Å². The van der Waals surface area contributed by atoms with E-state index >= 15 is 0 Å². The van der Waals surface area contributed by atoms with Crippen LogP contribution in [0.1, 0.15) is 24.2 Å². The molecule has 4 nitrogen and oxygen atoms in total. The van der Waals surface area contributed by atoms with Gasteiger partial charge in [0.05, 0.1) is 0 Å². The zero-order valence-corrected chi connectivity index (χ0v) is 14.2. The van der Waals surface area contributed by atoms with E-state index in [1.807, 2.05) is 0 Å². The molecule has 0 aliphatic heterocycles. The summed E-state index contributed by atoms with van der Waals surface area (Å²) >= 11 is 3.15. The zero-order valence-electron chi connectivity index (χ0n) is 12.6. The minimum atomic E-state index is -0.897. The lowest BCUT2D eigenvalue weighted by Crippen LogP contribution is -2.30. The number of benzene rings is 2. The van der Waals surface area contributed by atoms with E-state index in [4.69, 9.17) is 4.74 Å². The summed E-state index contributed by atoms with van der Waals surface area (Å²) in [6.45, 7) is 2.97. The van der Waals surface area contributed by atoms with Gasteiger partial charge in [-0.15, -0.1) is 0 Å². The molecule has 23 heavy (non-hydrogen) atoms. The van der Waals surface area contributed by atoms with Gasteiger partial charge in [0.2, 0.25) is 0 Å². The van der Waals surface area contributed by atoms with Crippen LogP contribution in [0.4, 0.5) is 10.1 Å². The number of halogens is 2. The van der Waals surface area contributed by atoms with Crippen LogP contribution >= 0.6 is 15.9 Å². The van der Waals surface area contributed by atoms with E-state index in [9.17, 15) is 14.0 Å². The van der Waals surface area contributed by atoms with Crippen molar-refractivity contribution in [2.24, 2.45) is 0 Å². The molecule has 1 amide bonds. The van der Waals surface area contributed by atoms with Gasteiger partial charge in [0, 0.05) is 15.7 Å². The first-order valence-electron chi connectivity index (χ1n) is 6.90. The van der Waals surface area contributed by atoms with E-state index < -0.39 is 17.8 Å². The molecule has 0 unspecified atom stereocenters. The number of nitrogens with one attached hydrogen (secondary N) is 1. The Labute approximate surface area is 141 Å². The van der Waals surface area contributed by atoms with Gasteiger partial charge in [0.25, 0.3) is 5.91 Å². The fourth-order valence-electron chi connectivity index (χ4n) is 1.87. The quantitative estimate of drug-likeness (QED) is 0.792. The van der Waals surface area contributed by atoms with Crippen LogP contribution in [0.25, 0.3) is 0 Å². The molecule has 120 valence electrons. The van der Waals surface area contributed by atoms with Crippen LogP contribution in [0.15, 0.2) is 46.9 Å². The monoisotopic (exact) mass is 379 g/mol. The maximum Gasteiger partial charge on any atom is 0.265 e. The third kappa shape index (κ3) is 4.63. The van der Waals surface area contributed by atoms with Crippen molar-refractivity contribution in [1.29, 1.82) is 0 Å². The summed E-state index contributed by atoms with van der Waals surface area (Å²) in [6, 6.07) is 10.9. The van der Waals surface area contributed by atoms with E-state index in [1.165, 1.54) is 26.0 Å². The van der Waals surface area contributed by atoms with Crippen LogP contribution in [0, 0.1) is 5.82 Å². The van der Waals surface area contributed by atoms with Gasteiger partial charge in [0.1, 0.15) is 0 Å². The molecular weight excluding hydrogens is 365 g/mol. The highest BCUT2D eigenvalue weighted by Crippen LogP contribution is 2.22. The molecule has 2 rings (SSSR count). The summed E-state index contributed by atoms with van der Waals surface area (Å²) in [5.41, 5.74) is 0.977. The van der Waals surface area contributed by atoms with E-state index in [0.717, 1.165) is 0 Å². The molecule has 0 aromatic heterocycles. The lowest BCUT2D eigenvalue weighted by atomic mass is 10.1. The third-order valence-corrected chi connectivity index (χ3v) is 3.60. The summed E-state index contributed by atoms with van der Waals surface area (Å²) < 4.78 is 19.6. The second kappa shape index (κ2) is 7.37. The summed E-state index contributed by atoms with van der Waals surface area (Å²) in [4.78, 5) is 23.5. The van der Waals surface area contributed by atoms with E-state index in [-0.39, 0.29) is 11.5 Å². The predicted molar refractivity (Wildman–Crippen MR) is 89.3 cm³/mol. The molecule has 6 heteroatoms. The van der Waals surface area contributed by atoms with Crippen molar-refractivity contribution in [3.8, 4) is 5.75 Å². The predicted octanol–water partition coefficient (Wildman–Crippen LogP) is 4.20. The average Bonchev–Trinajstić information content (AvgIpc) is 2.50. The molecular formula is C17H15BrFNO3. The number of anilines is 1. The van der Waals surface area contributed by atoms with Crippen molar-refractivity contribution >= 4 is 33.3 Å². The fourth-order valence-corrected chi connectivity index (χ4v) is 2.21. The van der Waals surface area contributed by atoms with Crippen LogP contribution < -0.4 is 10.1 Å². The number of carbonyl (C=O) groups is 2. The molecule has 0 aliphatic carbocycles. The third-order valence-electron chi connectivity index (χ3n) is 3.10. The number of hydrogen-bond donors (Lipinski definition) is 1. The fraction of sp³-hybridized carbons (Fsp3) is 0.176. The summed E-state index contributed by atoms with van der Waals surface area (Å²) in [5, 5.41) is 2.64. The lowest BCUT2D eigenvalue weighted by molar-refractivity contribution is -0.122. The van der Waals surface area contributed by atoms with Crippen LogP contribution in [-0.4, -0.2) is 17.8 Å². The summed E-state index contributed by atoms with van der Waals surface area (Å²) in [5.74, 6) is -1.10. The van der Waals surface area contributed by atoms with Crippen molar-refractivity contribution in [2.45, 2.75) is 20.0 Å². The Bertz CT molecular complexity index is 748. The number of ether oxygens (including phenoxy) is 1. The lowest BCUT2D eigenvalue weighted by Gasteiger charge is -2.15. The molecule has 2 aromatic carbocycles. The molecule has 0 spiro atoms. The molecule has 2 aromatic rings. The Kier molecular flexibility index (Phi) is 5.50. The van der Waals surface area contributed by atoms with E-state index in [1.54, 1.807) is 30.3 Å². The number of amides is 1. The van der Waals surface area contributed by atoms with Gasteiger partial charge in [-0.3, -0.25) is 9.59 Å². The van der Waals surface area contributed by atoms with Crippen LogP contribution in [0.3, 0.4) is 0 Å². The molecule has 0 heterocycles. The van der Waals surface area contributed by atoms with Crippen LogP contribution in [0.5, 0.6) is 5.75 Å². The highest BCUT2D eigenvalue weighted by molar-refractivity contribution is 9.10. The molecule has 0 saturated heterocycles. The Morgan fingerprint density at radius 2 is 1.96 bits per heavy atom. The van der Waals surface area contributed by atoms with Crippen LogP contribution in [-0.2, 0) is 4.79 Å². The van der Waals surface area contributed by atoms with E-state index in [0.29, 0.717) is 15.7 Å². The van der Waals surface area contributed by atoms with Crippen molar-refractivity contribution in [2.75, 3.05) is 5.32 Å². The number of rotatable bonds is 5. The standard InChI is InChI=1S/C17H15BrFNO3/c1-10(21)12-4-3-5-14(8-12)20-17(22)11(2)23-16-7-6-13(18)9-15(16)19/h3-9,11H,1-2H3,(H,20,22)/t11-/m1/s1. The first kappa shape index (κ1) is 17.1. The Morgan fingerprint density at radius 1 is 1.22 bits per heavy atom. The summed E-state index contributed by atoms with van der Waals surface area (Å²) in [6.07, 6.45) is -0.897. The Morgan fingerprint density at radius 3 is 2.61 bits per heavy atom. The second-order valence-corrected chi connectivity index (χ2v) is 5.88. The minimum Gasteiger partial charge on any atom is -0.478 e. The highest BCUT2D eigenvalue weighted by Gasteiger charge is 2.17. The van der Waals surface area contributed by atoms with Crippen molar-refractivity contribution in [3.05, 3.63) is 58.3 Å². The maximum atomic E-state index is 13.7. The van der Waals surface area contributed by atoms with Gasteiger partial charge in [-0.1, -0.05) is 28.1 Å². The average molecular weight is 380 g/mol. The molecule has 1 atom stereocenters. The minimum absolute atomic E-state index is 0.00617. The summed E-state index contributed by atoms with van der Waals surface area (Å²) in [7, 11) is 0. The largest absolute Gasteiger partial charge is 0.478 e. The van der Waals surface area contributed by atoms with Crippen LogP contribution in [0.2, 0.25) is 0 Å². The smallest absolute Gasteiger partial charge is 0.265 e. The Balaban J connectivity index is 2.05. The van der Waals surface area contributed by atoms with E-state index in [2.05, 4.69) is 21.2 Å². The normalized spacial score (nSPS) is 11.7. The number of Topliss-reactive ketones (excluding diaryl/α,β-unsaturated/α-hetero) is 1. The first-order chi connectivity index (χ1) is 10.9. The molecule has 0 aliphatic rings. The zero-order chi connectivity index (χ0) is 17.0. The van der Waals surface area contributed by atoms with Gasteiger partial charge in [-0.25, -0.2) is 4.39 Å². The molecule has 1 N–H and O–H groups in total. The maximum absolute atomic E-state index is 13.7. The van der Waals surface area contributed by atoms with Gasteiger partial charge >= 0.3 is 0 Å². The van der Waals surface area contributed by atoms with Crippen molar-refractivity contribution < 1.29 is 18.7 Å². The molecule has 0 radical (unpaired) electrons. The van der Waals surface area contributed by atoms with Gasteiger partial charge in [-0.2, -0.15) is 0 Å². The van der Waals surface area contributed by atoms with Crippen molar-refractivity contribution in [1.82, 2.24) is 0 Å². The first-order valence-corrected chi connectivity index (χ1v) is 7.69. The molecule has 0 fully saturated rings. The number of ketones is 1. The van der Waals surface area contributed by atoms with Crippen molar-refractivity contribution in [3.63, 3.8) is 0 Å².